The standard InChI is InChI=1S/C21H28N6O/c1-12-16(11-23-27(12)3)19-14(9-18(28)26(19)2)10-22-21-15-5-4-6-17(15)24-20(25-21)13-7-8-13/h11,13-14,19H,4-10H2,1-3H3,(H,22,24,25)/t14-,19+/m0/s1. The predicted octanol–water partition coefficient (Wildman–Crippen LogP) is 2.52. The molecule has 1 N–H and O–H groups in total. The van der Waals surface area contributed by atoms with Crippen LogP contribution in [0.1, 0.15) is 66.0 Å². The molecule has 2 aliphatic carbocycles. The Kier molecular flexibility index (Phi) is 4.14. The molecule has 1 amide bonds. The summed E-state index contributed by atoms with van der Waals surface area (Å²) in [5.41, 5.74) is 4.79. The van der Waals surface area contributed by atoms with Gasteiger partial charge in [0.25, 0.3) is 0 Å². The molecule has 1 saturated heterocycles. The van der Waals surface area contributed by atoms with E-state index in [2.05, 4.69) is 17.3 Å². The quantitative estimate of drug-likeness (QED) is 0.863. The zero-order chi connectivity index (χ0) is 19.4. The number of aryl methyl sites for hydroxylation is 2. The number of aromatic nitrogens is 4. The fourth-order valence-electron chi connectivity index (χ4n) is 4.75. The van der Waals surface area contributed by atoms with Crippen LogP contribution in [0.4, 0.5) is 5.82 Å². The second-order valence-electron chi connectivity index (χ2n) is 8.59. The van der Waals surface area contributed by atoms with E-state index < -0.39 is 0 Å². The highest BCUT2D eigenvalue weighted by atomic mass is 16.2. The first-order valence-electron chi connectivity index (χ1n) is 10.4. The maximum absolute atomic E-state index is 12.5. The van der Waals surface area contributed by atoms with Gasteiger partial charge in [-0.05, 0) is 39.0 Å². The lowest BCUT2D eigenvalue weighted by Crippen LogP contribution is -2.27. The summed E-state index contributed by atoms with van der Waals surface area (Å²) in [6.07, 6.45) is 8.17. The van der Waals surface area contributed by atoms with E-state index in [-0.39, 0.29) is 17.9 Å². The first kappa shape index (κ1) is 17.6. The van der Waals surface area contributed by atoms with E-state index in [4.69, 9.17) is 9.97 Å². The molecule has 28 heavy (non-hydrogen) atoms. The maximum Gasteiger partial charge on any atom is 0.223 e. The summed E-state index contributed by atoms with van der Waals surface area (Å²) in [5.74, 6) is 2.98. The number of hydrogen-bond acceptors (Lipinski definition) is 5. The van der Waals surface area contributed by atoms with Crippen molar-refractivity contribution in [3.8, 4) is 0 Å². The van der Waals surface area contributed by atoms with Crippen LogP contribution in [-0.4, -0.2) is 44.1 Å². The van der Waals surface area contributed by atoms with E-state index in [0.717, 1.165) is 48.7 Å². The number of nitrogens with one attached hydrogen (secondary N) is 1. The molecule has 0 aromatic carbocycles. The van der Waals surface area contributed by atoms with Crippen molar-refractivity contribution in [1.82, 2.24) is 24.6 Å². The van der Waals surface area contributed by atoms with Gasteiger partial charge in [0.2, 0.25) is 5.91 Å². The van der Waals surface area contributed by atoms with Crippen molar-refractivity contribution in [3.63, 3.8) is 0 Å². The number of carbonyl (C=O) groups is 1. The van der Waals surface area contributed by atoms with Crippen LogP contribution in [0.25, 0.3) is 0 Å². The summed E-state index contributed by atoms with van der Waals surface area (Å²) < 4.78 is 1.88. The number of anilines is 1. The van der Waals surface area contributed by atoms with Gasteiger partial charge in [-0.15, -0.1) is 0 Å². The molecular formula is C21H28N6O. The number of rotatable bonds is 5. The van der Waals surface area contributed by atoms with E-state index in [1.165, 1.54) is 24.1 Å². The number of nitrogens with zero attached hydrogens (tertiary/aromatic N) is 5. The van der Waals surface area contributed by atoms with Crippen molar-refractivity contribution in [2.24, 2.45) is 13.0 Å². The second kappa shape index (κ2) is 6.57. The summed E-state index contributed by atoms with van der Waals surface area (Å²) in [7, 11) is 3.86. The highest BCUT2D eigenvalue weighted by Crippen LogP contribution is 2.41. The van der Waals surface area contributed by atoms with Gasteiger partial charge in [-0.3, -0.25) is 9.48 Å². The van der Waals surface area contributed by atoms with Gasteiger partial charge >= 0.3 is 0 Å². The summed E-state index contributed by atoms with van der Waals surface area (Å²) in [4.78, 5) is 24.1. The van der Waals surface area contributed by atoms with E-state index in [0.29, 0.717) is 12.3 Å². The highest BCUT2D eigenvalue weighted by Gasteiger charge is 2.40. The zero-order valence-electron chi connectivity index (χ0n) is 16.9. The van der Waals surface area contributed by atoms with Gasteiger partial charge in [-0.25, -0.2) is 9.97 Å². The number of carbonyl (C=O) groups excluding carboxylic acids is 1. The van der Waals surface area contributed by atoms with E-state index in [1.807, 2.05) is 29.9 Å². The number of likely N-dealkylation sites (tertiary alicyclic amines) is 1. The first-order valence-corrected chi connectivity index (χ1v) is 10.4. The SMILES string of the molecule is Cc1c([C@H]2[C@H](CNc3nc(C4CC4)nc4c3CCC4)CC(=O)N2C)cnn1C. The summed E-state index contributed by atoms with van der Waals surface area (Å²) in [5, 5.41) is 8.02. The molecule has 0 bridgehead atoms. The molecule has 2 atom stereocenters. The van der Waals surface area contributed by atoms with Gasteiger partial charge in [-0.2, -0.15) is 5.10 Å². The van der Waals surface area contributed by atoms with Gasteiger partial charge in [0.15, 0.2) is 0 Å². The van der Waals surface area contributed by atoms with Gasteiger partial charge in [0, 0.05) is 61.4 Å². The largest absolute Gasteiger partial charge is 0.369 e. The summed E-state index contributed by atoms with van der Waals surface area (Å²) in [6, 6.07) is 0.0616. The lowest BCUT2D eigenvalue weighted by atomic mass is 9.94. The van der Waals surface area contributed by atoms with Crippen molar-refractivity contribution in [2.45, 2.75) is 57.4 Å². The van der Waals surface area contributed by atoms with Gasteiger partial charge in [0.05, 0.1) is 12.2 Å². The number of amides is 1. The van der Waals surface area contributed by atoms with Gasteiger partial charge < -0.3 is 10.2 Å². The third-order valence-corrected chi connectivity index (χ3v) is 6.71. The van der Waals surface area contributed by atoms with Crippen LogP contribution in [0.15, 0.2) is 6.20 Å². The Labute approximate surface area is 165 Å². The molecule has 0 spiro atoms. The van der Waals surface area contributed by atoms with Crippen LogP contribution in [0.2, 0.25) is 0 Å². The molecule has 0 unspecified atom stereocenters. The Morgan fingerprint density at radius 3 is 2.75 bits per heavy atom. The van der Waals surface area contributed by atoms with Crippen LogP contribution in [-0.2, 0) is 24.7 Å². The van der Waals surface area contributed by atoms with Gasteiger partial charge in [0.1, 0.15) is 11.6 Å². The molecule has 5 rings (SSSR count). The van der Waals surface area contributed by atoms with Crippen molar-refractivity contribution in [1.29, 1.82) is 0 Å². The molecule has 1 aliphatic heterocycles. The minimum Gasteiger partial charge on any atom is -0.369 e. The van der Waals surface area contributed by atoms with Crippen LogP contribution >= 0.6 is 0 Å². The maximum atomic E-state index is 12.5. The third-order valence-electron chi connectivity index (χ3n) is 6.71. The predicted molar refractivity (Wildman–Crippen MR) is 106 cm³/mol. The normalized spacial score (nSPS) is 24.1. The molecule has 2 fully saturated rings. The molecule has 7 heteroatoms. The van der Waals surface area contributed by atoms with Crippen LogP contribution in [0.3, 0.4) is 0 Å². The Balaban J connectivity index is 1.40. The topological polar surface area (TPSA) is 75.9 Å². The first-order chi connectivity index (χ1) is 13.5. The molecule has 1 saturated carbocycles. The average molecular weight is 380 g/mol. The smallest absolute Gasteiger partial charge is 0.223 e. The van der Waals surface area contributed by atoms with Crippen LogP contribution < -0.4 is 5.32 Å². The Morgan fingerprint density at radius 1 is 1.21 bits per heavy atom. The Hall–Kier alpha value is -2.44. The molecule has 7 nitrogen and oxygen atoms in total. The molecular weight excluding hydrogens is 352 g/mol. The Morgan fingerprint density at radius 2 is 2.04 bits per heavy atom. The molecule has 2 aromatic rings. The average Bonchev–Trinajstić information content (AvgIpc) is 3.26. The van der Waals surface area contributed by atoms with Gasteiger partial charge in [-0.1, -0.05) is 0 Å². The fourth-order valence-corrected chi connectivity index (χ4v) is 4.75. The molecule has 2 aromatic heterocycles. The van der Waals surface area contributed by atoms with Crippen molar-refractivity contribution < 1.29 is 4.79 Å². The minimum atomic E-state index is 0.0616. The monoisotopic (exact) mass is 380 g/mol. The molecule has 148 valence electrons. The second-order valence-corrected chi connectivity index (χ2v) is 8.59. The highest BCUT2D eigenvalue weighted by molar-refractivity contribution is 5.79. The molecule has 3 heterocycles. The van der Waals surface area contributed by atoms with E-state index >= 15 is 0 Å². The molecule has 0 radical (unpaired) electrons. The minimum absolute atomic E-state index is 0.0616. The summed E-state index contributed by atoms with van der Waals surface area (Å²) in [6.45, 7) is 2.81. The summed E-state index contributed by atoms with van der Waals surface area (Å²) >= 11 is 0. The number of fused-ring (bicyclic) bond motifs is 1. The fraction of sp³-hybridized carbons (Fsp3) is 0.619. The third kappa shape index (κ3) is 2.88. The van der Waals surface area contributed by atoms with Crippen molar-refractivity contribution >= 4 is 11.7 Å². The van der Waals surface area contributed by atoms with E-state index in [9.17, 15) is 4.79 Å². The lowest BCUT2D eigenvalue weighted by Gasteiger charge is -2.25. The van der Waals surface area contributed by atoms with Crippen molar-refractivity contribution in [2.75, 3.05) is 18.9 Å². The Bertz CT molecular complexity index is 931. The van der Waals surface area contributed by atoms with E-state index in [1.54, 1.807) is 0 Å². The molecule has 3 aliphatic rings. The van der Waals surface area contributed by atoms with Crippen molar-refractivity contribution in [3.05, 3.63) is 34.5 Å². The van der Waals surface area contributed by atoms with Crippen LogP contribution in [0, 0.1) is 12.8 Å². The lowest BCUT2D eigenvalue weighted by molar-refractivity contribution is -0.127. The zero-order valence-corrected chi connectivity index (χ0v) is 16.9. The van der Waals surface area contributed by atoms with Crippen LogP contribution in [0.5, 0.6) is 0 Å². The number of hydrogen-bond donors (Lipinski definition) is 1.